The zero-order valence-corrected chi connectivity index (χ0v) is 22.2. The SMILES string of the molecule is CCNC(=NCCCc1nnc(SC)n1CC(C)C)NCCc1ccccc1Cl.I. The molecular formula is C21H34ClIN6S. The molecule has 6 nitrogen and oxygen atoms in total. The Kier molecular flexibility index (Phi) is 13.4. The van der Waals surface area contributed by atoms with E-state index in [1.807, 2.05) is 24.5 Å². The highest BCUT2D eigenvalue weighted by Crippen LogP contribution is 2.17. The molecule has 0 aliphatic carbocycles. The van der Waals surface area contributed by atoms with Gasteiger partial charge in [0.2, 0.25) is 0 Å². The molecular weight excluding hydrogens is 531 g/mol. The molecule has 1 aromatic carbocycles. The van der Waals surface area contributed by atoms with Gasteiger partial charge in [0, 0.05) is 37.6 Å². The average molecular weight is 565 g/mol. The summed E-state index contributed by atoms with van der Waals surface area (Å²) in [6.07, 6.45) is 4.72. The van der Waals surface area contributed by atoms with Gasteiger partial charge in [-0.1, -0.05) is 55.4 Å². The number of thioether (sulfide) groups is 1. The molecule has 168 valence electrons. The van der Waals surface area contributed by atoms with Crippen LogP contribution in [0.1, 0.15) is 38.6 Å². The van der Waals surface area contributed by atoms with Gasteiger partial charge in [-0.15, -0.1) is 34.2 Å². The van der Waals surface area contributed by atoms with Crippen molar-refractivity contribution < 1.29 is 0 Å². The third-order valence-electron chi connectivity index (χ3n) is 4.34. The van der Waals surface area contributed by atoms with E-state index < -0.39 is 0 Å². The Morgan fingerprint density at radius 2 is 1.97 bits per heavy atom. The summed E-state index contributed by atoms with van der Waals surface area (Å²) in [4.78, 5) is 4.70. The van der Waals surface area contributed by atoms with Crippen LogP contribution < -0.4 is 10.6 Å². The molecule has 0 saturated carbocycles. The first-order valence-electron chi connectivity index (χ1n) is 10.3. The average Bonchev–Trinajstić information content (AvgIpc) is 3.07. The van der Waals surface area contributed by atoms with Crippen LogP contribution in [0.2, 0.25) is 5.02 Å². The van der Waals surface area contributed by atoms with Crippen LogP contribution in [0.5, 0.6) is 0 Å². The first-order valence-corrected chi connectivity index (χ1v) is 11.9. The summed E-state index contributed by atoms with van der Waals surface area (Å²) in [7, 11) is 0. The summed E-state index contributed by atoms with van der Waals surface area (Å²) in [5, 5.41) is 17.2. The van der Waals surface area contributed by atoms with Gasteiger partial charge in [0.15, 0.2) is 11.1 Å². The number of nitrogens with one attached hydrogen (secondary N) is 2. The lowest BCUT2D eigenvalue weighted by Crippen LogP contribution is -2.38. The first-order chi connectivity index (χ1) is 14.0. The van der Waals surface area contributed by atoms with Crippen molar-refractivity contribution >= 4 is 53.3 Å². The van der Waals surface area contributed by atoms with E-state index in [0.717, 1.165) is 73.0 Å². The maximum absolute atomic E-state index is 6.23. The number of rotatable bonds is 11. The summed E-state index contributed by atoms with van der Waals surface area (Å²) in [5.74, 6) is 2.46. The zero-order chi connectivity index (χ0) is 21.1. The van der Waals surface area contributed by atoms with Crippen LogP contribution in [0.15, 0.2) is 34.4 Å². The molecule has 0 spiro atoms. The lowest BCUT2D eigenvalue weighted by Gasteiger charge is -2.12. The molecule has 0 aliphatic rings. The van der Waals surface area contributed by atoms with E-state index in [-0.39, 0.29) is 24.0 Å². The maximum atomic E-state index is 6.23. The molecule has 0 radical (unpaired) electrons. The Labute approximate surface area is 207 Å². The molecule has 0 bridgehead atoms. The fourth-order valence-electron chi connectivity index (χ4n) is 2.99. The Bertz CT molecular complexity index is 781. The number of guanidine groups is 1. The fourth-order valence-corrected chi connectivity index (χ4v) is 3.74. The Balaban J connectivity index is 0.00000450. The van der Waals surface area contributed by atoms with E-state index >= 15 is 0 Å². The smallest absolute Gasteiger partial charge is 0.191 e. The van der Waals surface area contributed by atoms with Crippen molar-refractivity contribution in [3.8, 4) is 0 Å². The van der Waals surface area contributed by atoms with E-state index in [1.165, 1.54) is 0 Å². The summed E-state index contributed by atoms with van der Waals surface area (Å²) in [6, 6.07) is 7.96. The van der Waals surface area contributed by atoms with Crippen LogP contribution in [0.4, 0.5) is 0 Å². The quantitative estimate of drug-likeness (QED) is 0.137. The van der Waals surface area contributed by atoms with Crippen LogP contribution in [-0.2, 0) is 19.4 Å². The molecule has 0 unspecified atom stereocenters. The number of benzene rings is 1. The molecule has 0 atom stereocenters. The van der Waals surface area contributed by atoms with Gasteiger partial charge in [-0.05, 0) is 43.6 Å². The second-order valence-corrected chi connectivity index (χ2v) is 8.42. The molecule has 1 aromatic heterocycles. The van der Waals surface area contributed by atoms with E-state index in [2.05, 4.69) is 52.2 Å². The van der Waals surface area contributed by atoms with Crippen molar-refractivity contribution in [2.45, 2.75) is 51.7 Å². The van der Waals surface area contributed by atoms with Crippen molar-refractivity contribution in [2.75, 3.05) is 25.9 Å². The van der Waals surface area contributed by atoms with Crippen molar-refractivity contribution in [3.63, 3.8) is 0 Å². The molecule has 0 fully saturated rings. The van der Waals surface area contributed by atoms with Crippen LogP contribution in [0.25, 0.3) is 0 Å². The lowest BCUT2D eigenvalue weighted by molar-refractivity contribution is 0.477. The van der Waals surface area contributed by atoms with Crippen molar-refractivity contribution in [3.05, 3.63) is 40.7 Å². The number of nitrogens with zero attached hydrogens (tertiary/aromatic N) is 4. The highest BCUT2D eigenvalue weighted by molar-refractivity contribution is 14.0. The van der Waals surface area contributed by atoms with Crippen molar-refractivity contribution in [1.29, 1.82) is 0 Å². The molecule has 0 aliphatic heterocycles. The van der Waals surface area contributed by atoms with Crippen molar-refractivity contribution in [1.82, 2.24) is 25.4 Å². The van der Waals surface area contributed by atoms with E-state index in [1.54, 1.807) is 11.8 Å². The molecule has 0 amide bonds. The first kappa shape index (κ1) is 27.0. The van der Waals surface area contributed by atoms with Gasteiger partial charge in [0.1, 0.15) is 5.82 Å². The normalized spacial score (nSPS) is 11.5. The molecule has 2 aromatic rings. The monoisotopic (exact) mass is 564 g/mol. The Morgan fingerprint density at radius 1 is 1.20 bits per heavy atom. The topological polar surface area (TPSA) is 67.1 Å². The Morgan fingerprint density at radius 3 is 2.63 bits per heavy atom. The van der Waals surface area contributed by atoms with Gasteiger partial charge in [0.05, 0.1) is 0 Å². The third-order valence-corrected chi connectivity index (χ3v) is 5.38. The van der Waals surface area contributed by atoms with Gasteiger partial charge < -0.3 is 15.2 Å². The third kappa shape index (κ3) is 9.01. The predicted molar refractivity (Wildman–Crippen MR) is 140 cm³/mol. The molecule has 1 heterocycles. The summed E-state index contributed by atoms with van der Waals surface area (Å²) < 4.78 is 2.24. The van der Waals surface area contributed by atoms with Gasteiger partial charge in [-0.3, -0.25) is 4.99 Å². The number of hydrogen-bond acceptors (Lipinski definition) is 4. The van der Waals surface area contributed by atoms with E-state index in [0.29, 0.717) is 5.92 Å². The number of halogens is 2. The second kappa shape index (κ2) is 14.9. The van der Waals surface area contributed by atoms with Crippen LogP contribution >= 0.6 is 47.3 Å². The number of hydrogen-bond donors (Lipinski definition) is 2. The molecule has 30 heavy (non-hydrogen) atoms. The fraction of sp³-hybridized carbons (Fsp3) is 0.571. The lowest BCUT2D eigenvalue weighted by atomic mass is 10.1. The molecule has 2 N–H and O–H groups in total. The molecule has 2 rings (SSSR count). The van der Waals surface area contributed by atoms with Crippen molar-refractivity contribution in [2.24, 2.45) is 10.9 Å². The van der Waals surface area contributed by atoms with Gasteiger partial charge >= 0.3 is 0 Å². The second-order valence-electron chi connectivity index (χ2n) is 7.24. The van der Waals surface area contributed by atoms with E-state index in [4.69, 9.17) is 16.6 Å². The van der Waals surface area contributed by atoms with Crippen LogP contribution in [0.3, 0.4) is 0 Å². The predicted octanol–water partition coefficient (Wildman–Crippen LogP) is 4.66. The minimum atomic E-state index is 0. The maximum Gasteiger partial charge on any atom is 0.191 e. The standard InChI is InChI=1S/C21H33ClN6S.HI/c1-5-23-20(25-14-12-17-9-6-7-10-18(17)22)24-13-8-11-19-26-27-21(29-4)28(19)15-16(2)3;/h6-7,9-10,16H,5,8,11-15H2,1-4H3,(H2,23,24,25);1H. The number of aromatic nitrogens is 3. The van der Waals surface area contributed by atoms with Gasteiger partial charge in [-0.2, -0.15) is 0 Å². The number of aryl methyl sites for hydroxylation is 1. The zero-order valence-electron chi connectivity index (χ0n) is 18.3. The van der Waals surface area contributed by atoms with Crippen LogP contribution in [-0.4, -0.2) is 46.6 Å². The highest BCUT2D eigenvalue weighted by Gasteiger charge is 2.12. The largest absolute Gasteiger partial charge is 0.357 e. The van der Waals surface area contributed by atoms with Gasteiger partial charge in [0.25, 0.3) is 0 Å². The van der Waals surface area contributed by atoms with E-state index in [9.17, 15) is 0 Å². The Hall–Kier alpha value is -1.000. The molecule has 0 saturated heterocycles. The van der Waals surface area contributed by atoms with Crippen LogP contribution in [0, 0.1) is 5.92 Å². The molecule has 9 heteroatoms. The minimum absolute atomic E-state index is 0. The minimum Gasteiger partial charge on any atom is -0.357 e. The summed E-state index contributed by atoms with van der Waals surface area (Å²) in [6.45, 7) is 9.82. The summed E-state index contributed by atoms with van der Waals surface area (Å²) >= 11 is 7.88. The summed E-state index contributed by atoms with van der Waals surface area (Å²) in [5.41, 5.74) is 1.15. The highest BCUT2D eigenvalue weighted by atomic mass is 127. The van der Waals surface area contributed by atoms with Gasteiger partial charge in [-0.25, -0.2) is 0 Å². The number of aliphatic imine (C=N–C) groups is 1.